The minimum Gasteiger partial charge on any atom is -0.462 e. The molecule has 85 heavy (non-hydrogen) atoms. The van der Waals surface area contributed by atoms with Gasteiger partial charge in [0.15, 0.2) is 12.2 Å². The molecule has 0 aromatic carbocycles. The van der Waals surface area contributed by atoms with Gasteiger partial charge in [0.2, 0.25) is 0 Å². The van der Waals surface area contributed by atoms with Crippen molar-refractivity contribution in [2.75, 3.05) is 39.6 Å². The molecule has 0 amide bonds. The van der Waals surface area contributed by atoms with Crippen LogP contribution in [-0.4, -0.2) is 96.7 Å². The van der Waals surface area contributed by atoms with Crippen LogP contribution in [-0.2, 0) is 65.4 Å². The highest BCUT2D eigenvalue weighted by Crippen LogP contribution is 2.45. The van der Waals surface area contributed by atoms with E-state index in [0.29, 0.717) is 25.7 Å². The summed E-state index contributed by atoms with van der Waals surface area (Å²) in [6.07, 6.45) is 44.4. The first-order valence-corrected chi connectivity index (χ1v) is 37.6. The van der Waals surface area contributed by atoms with Crippen LogP contribution in [0.15, 0.2) is 0 Å². The van der Waals surface area contributed by atoms with Gasteiger partial charge >= 0.3 is 39.5 Å². The highest BCUT2D eigenvalue weighted by molar-refractivity contribution is 7.47. The number of esters is 4. The molecule has 0 spiro atoms. The van der Waals surface area contributed by atoms with E-state index in [0.717, 1.165) is 102 Å². The molecule has 0 radical (unpaired) electrons. The van der Waals surface area contributed by atoms with E-state index in [9.17, 15) is 43.2 Å². The number of carbonyl (C=O) groups excluding carboxylic acids is 4. The SMILES string of the molecule is CCCCCCCCCCCCCC(=O)OC[C@H](COP(=O)(O)OC[C@@H](O)COP(=O)(O)OC[C@@H](COC(=O)CCCCCCCCCC)OC(=O)CCCCCCCCCCCC)OC(=O)CCCCCCCCCCCCCCCC(C)C. The minimum atomic E-state index is -4.95. The lowest BCUT2D eigenvalue weighted by Gasteiger charge is -2.21. The van der Waals surface area contributed by atoms with Crippen molar-refractivity contribution in [3.8, 4) is 0 Å². The molecule has 0 bridgehead atoms. The van der Waals surface area contributed by atoms with Gasteiger partial charge in [-0.25, -0.2) is 9.13 Å². The first-order chi connectivity index (χ1) is 41.0. The fraction of sp³-hybridized carbons (Fsp3) is 0.939. The van der Waals surface area contributed by atoms with Crippen LogP contribution in [0.1, 0.15) is 336 Å². The molecule has 17 nitrogen and oxygen atoms in total. The smallest absolute Gasteiger partial charge is 0.462 e. The molecule has 0 saturated carbocycles. The van der Waals surface area contributed by atoms with Crippen molar-refractivity contribution >= 4 is 39.5 Å². The molecule has 0 rings (SSSR count). The normalized spacial score (nSPS) is 14.2. The fourth-order valence-electron chi connectivity index (χ4n) is 9.94. The van der Waals surface area contributed by atoms with Gasteiger partial charge in [0.1, 0.15) is 19.3 Å². The van der Waals surface area contributed by atoms with Gasteiger partial charge in [-0.15, -0.1) is 0 Å². The van der Waals surface area contributed by atoms with Gasteiger partial charge in [0.05, 0.1) is 26.4 Å². The number of phosphoric acid groups is 2. The maximum absolute atomic E-state index is 13.0. The van der Waals surface area contributed by atoms with Gasteiger partial charge in [-0.2, -0.15) is 0 Å². The Labute approximate surface area is 517 Å². The molecule has 0 aliphatic heterocycles. The average Bonchev–Trinajstić information content (AvgIpc) is 3.47. The molecule has 2 unspecified atom stereocenters. The number of rotatable bonds is 66. The second kappa shape index (κ2) is 59.7. The predicted molar refractivity (Wildman–Crippen MR) is 340 cm³/mol. The molecule has 0 fully saturated rings. The monoisotopic (exact) mass is 1250 g/mol. The highest BCUT2D eigenvalue weighted by atomic mass is 31.2. The molecule has 0 heterocycles. The summed E-state index contributed by atoms with van der Waals surface area (Å²) < 4.78 is 68.0. The Hall–Kier alpha value is -1.94. The fourth-order valence-corrected chi connectivity index (χ4v) is 11.5. The van der Waals surface area contributed by atoms with Gasteiger partial charge in [-0.3, -0.25) is 37.3 Å². The van der Waals surface area contributed by atoms with E-state index in [-0.39, 0.29) is 25.7 Å². The molecule has 3 N–H and O–H groups in total. The quantitative estimate of drug-likeness (QED) is 0.0222. The van der Waals surface area contributed by atoms with E-state index in [1.807, 2.05) is 0 Å². The highest BCUT2D eigenvalue weighted by Gasteiger charge is 2.30. The molecule has 19 heteroatoms. The van der Waals surface area contributed by atoms with Crippen molar-refractivity contribution in [3.63, 3.8) is 0 Å². The average molecular weight is 1260 g/mol. The predicted octanol–water partition coefficient (Wildman–Crippen LogP) is 18.6. The van der Waals surface area contributed by atoms with Crippen molar-refractivity contribution in [2.45, 2.75) is 355 Å². The lowest BCUT2D eigenvalue weighted by molar-refractivity contribution is -0.161. The zero-order valence-electron chi connectivity index (χ0n) is 54.7. The number of aliphatic hydroxyl groups is 1. The van der Waals surface area contributed by atoms with E-state index >= 15 is 0 Å². The van der Waals surface area contributed by atoms with Crippen LogP contribution in [0.5, 0.6) is 0 Å². The topological polar surface area (TPSA) is 237 Å². The Balaban J connectivity index is 5.21. The standard InChI is InChI=1S/C66H128O17P2/c1-6-9-12-15-18-21-26-31-35-40-45-50-64(69)77-56-62(83-66(71)52-47-42-37-32-28-25-23-24-27-29-33-38-43-48-59(4)5)58-81-85(74,75)79-54-60(67)53-78-84(72,73)80-57-61(55-76-63(68)49-44-39-34-20-17-14-11-8-3)82-65(70)51-46-41-36-30-22-19-16-13-10-7-2/h59-62,67H,6-58H2,1-5H3,(H,72,73)(H,74,75)/t60-,61+,62+/m0/s1. The number of carbonyl (C=O) groups is 4. The molecule has 0 aromatic rings. The van der Waals surface area contributed by atoms with Crippen LogP contribution >= 0.6 is 15.6 Å². The van der Waals surface area contributed by atoms with E-state index in [1.165, 1.54) is 154 Å². The van der Waals surface area contributed by atoms with Gasteiger partial charge in [-0.1, -0.05) is 285 Å². The summed E-state index contributed by atoms with van der Waals surface area (Å²) in [5, 5.41) is 10.5. The third-order valence-electron chi connectivity index (χ3n) is 15.3. The Morgan fingerprint density at radius 1 is 0.318 bits per heavy atom. The molecule has 5 atom stereocenters. The third-order valence-corrected chi connectivity index (χ3v) is 17.2. The van der Waals surface area contributed by atoms with Gasteiger partial charge in [0.25, 0.3) is 0 Å². The molecule has 0 aliphatic rings. The molecule has 0 saturated heterocycles. The third kappa shape index (κ3) is 60.7. The van der Waals surface area contributed by atoms with Gasteiger partial charge in [0, 0.05) is 25.7 Å². The van der Waals surface area contributed by atoms with E-state index in [1.54, 1.807) is 0 Å². The molecular weight excluding hydrogens is 1130 g/mol. The minimum absolute atomic E-state index is 0.106. The van der Waals surface area contributed by atoms with Crippen molar-refractivity contribution in [3.05, 3.63) is 0 Å². The van der Waals surface area contributed by atoms with Gasteiger partial charge < -0.3 is 33.8 Å². The van der Waals surface area contributed by atoms with Crippen LogP contribution < -0.4 is 0 Å². The van der Waals surface area contributed by atoms with Crippen molar-refractivity contribution in [1.82, 2.24) is 0 Å². The summed E-state index contributed by atoms with van der Waals surface area (Å²) in [6.45, 7) is 7.19. The first-order valence-electron chi connectivity index (χ1n) is 34.6. The summed E-state index contributed by atoms with van der Waals surface area (Å²) in [6, 6.07) is 0. The van der Waals surface area contributed by atoms with Crippen molar-refractivity contribution in [1.29, 1.82) is 0 Å². The number of unbranched alkanes of at least 4 members (excludes halogenated alkanes) is 38. The second-order valence-electron chi connectivity index (χ2n) is 24.3. The van der Waals surface area contributed by atoms with Crippen LogP contribution in [0.2, 0.25) is 0 Å². The Kier molecular flexibility index (Phi) is 58.3. The van der Waals surface area contributed by atoms with Crippen molar-refractivity contribution < 1.29 is 80.2 Å². The van der Waals surface area contributed by atoms with Crippen molar-refractivity contribution in [2.24, 2.45) is 5.92 Å². The van der Waals surface area contributed by atoms with Gasteiger partial charge in [-0.05, 0) is 31.6 Å². The second-order valence-corrected chi connectivity index (χ2v) is 27.2. The maximum Gasteiger partial charge on any atom is 0.472 e. The lowest BCUT2D eigenvalue weighted by atomic mass is 10.0. The number of aliphatic hydroxyl groups excluding tert-OH is 1. The Morgan fingerprint density at radius 2 is 0.541 bits per heavy atom. The number of phosphoric ester groups is 2. The van der Waals surface area contributed by atoms with E-state index in [4.69, 9.17) is 37.0 Å². The zero-order valence-corrected chi connectivity index (χ0v) is 56.5. The van der Waals surface area contributed by atoms with Crippen LogP contribution in [0.3, 0.4) is 0 Å². The summed E-state index contributed by atoms with van der Waals surface area (Å²) >= 11 is 0. The van der Waals surface area contributed by atoms with Crippen LogP contribution in [0.4, 0.5) is 0 Å². The largest absolute Gasteiger partial charge is 0.472 e. The molecule has 0 aromatic heterocycles. The summed E-state index contributed by atoms with van der Waals surface area (Å²) in [5.74, 6) is -1.34. The lowest BCUT2D eigenvalue weighted by Crippen LogP contribution is -2.30. The summed E-state index contributed by atoms with van der Waals surface area (Å²) in [4.78, 5) is 72.2. The molecule has 0 aliphatic carbocycles. The first kappa shape index (κ1) is 83.1. The Morgan fingerprint density at radius 3 is 0.800 bits per heavy atom. The van der Waals surface area contributed by atoms with E-state index < -0.39 is 97.5 Å². The summed E-state index contributed by atoms with van der Waals surface area (Å²) in [7, 11) is -9.88. The number of ether oxygens (including phenoxy) is 4. The Bertz CT molecular complexity index is 1650. The molecule has 504 valence electrons. The zero-order chi connectivity index (χ0) is 62.8. The van der Waals surface area contributed by atoms with Crippen LogP contribution in [0.25, 0.3) is 0 Å². The molecular formula is C66H128O17P2. The summed E-state index contributed by atoms with van der Waals surface area (Å²) in [5.41, 5.74) is 0. The van der Waals surface area contributed by atoms with Crippen LogP contribution in [0, 0.1) is 5.92 Å². The van der Waals surface area contributed by atoms with E-state index in [2.05, 4.69) is 34.6 Å². The number of hydrogen-bond acceptors (Lipinski definition) is 15. The maximum atomic E-state index is 13.0. The number of hydrogen-bond donors (Lipinski definition) is 3.